The molecule has 4 aliphatic rings. The molecule has 0 aliphatic heterocycles. The van der Waals surface area contributed by atoms with Gasteiger partial charge in [0, 0.05) is 5.92 Å². The van der Waals surface area contributed by atoms with E-state index in [4.69, 9.17) is 0 Å². The third kappa shape index (κ3) is 1.71. The number of rotatable bonds is 1. The van der Waals surface area contributed by atoms with Gasteiger partial charge in [0.2, 0.25) is 0 Å². The van der Waals surface area contributed by atoms with Crippen molar-refractivity contribution in [3.05, 3.63) is 23.3 Å². The van der Waals surface area contributed by atoms with Gasteiger partial charge in [-0.1, -0.05) is 32.9 Å². The fraction of sp³-hybridized carbons (Fsp3) is 0.750. The lowest BCUT2D eigenvalue weighted by atomic mass is 9.59. The Morgan fingerprint density at radius 2 is 1.88 bits per heavy atom. The predicted molar refractivity (Wildman–Crippen MR) is 91.4 cm³/mol. The predicted octanol–water partition coefficient (Wildman–Crippen LogP) is 0.815. The summed E-state index contributed by atoms with van der Waals surface area (Å²) < 4.78 is 0. The van der Waals surface area contributed by atoms with Gasteiger partial charge < -0.3 is 20.4 Å². The summed E-state index contributed by atoms with van der Waals surface area (Å²) in [5.74, 6) is -0.288. The highest BCUT2D eigenvalue weighted by Gasteiger charge is 2.75. The molecule has 138 valence electrons. The van der Waals surface area contributed by atoms with Crippen molar-refractivity contribution < 1.29 is 25.2 Å². The SMILES string of the molecule is CC1=C[C@]23C(=O)[C@@H](C=C(CO)[C@@H](O)[C@]2(O)[C@H]1O)[C@H]1C(C[C@H]3C)C1(C)C. The van der Waals surface area contributed by atoms with Crippen LogP contribution in [0, 0.1) is 34.5 Å². The van der Waals surface area contributed by atoms with Crippen LogP contribution in [0.1, 0.15) is 34.1 Å². The number of fused-ring (bicyclic) bond motifs is 3. The summed E-state index contributed by atoms with van der Waals surface area (Å²) in [7, 11) is 0. The zero-order valence-corrected chi connectivity index (χ0v) is 15.2. The Morgan fingerprint density at radius 3 is 2.48 bits per heavy atom. The molecule has 2 saturated carbocycles. The molecule has 4 N–H and O–H groups in total. The molecular weight excluding hydrogens is 320 g/mol. The molecule has 5 nitrogen and oxygen atoms in total. The van der Waals surface area contributed by atoms with Gasteiger partial charge in [0.05, 0.1) is 12.0 Å². The monoisotopic (exact) mass is 348 g/mol. The molecule has 1 spiro atoms. The zero-order chi connectivity index (χ0) is 18.5. The Balaban J connectivity index is 1.99. The zero-order valence-electron chi connectivity index (χ0n) is 15.2. The molecule has 8 atom stereocenters. The molecule has 2 bridgehead atoms. The molecule has 0 amide bonds. The quantitative estimate of drug-likeness (QED) is 0.526. The van der Waals surface area contributed by atoms with Gasteiger partial charge in [-0.15, -0.1) is 0 Å². The van der Waals surface area contributed by atoms with Crippen LogP contribution in [-0.4, -0.2) is 50.6 Å². The van der Waals surface area contributed by atoms with Crippen LogP contribution in [0.15, 0.2) is 23.3 Å². The van der Waals surface area contributed by atoms with E-state index in [1.807, 2.05) is 6.92 Å². The van der Waals surface area contributed by atoms with E-state index >= 15 is 0 Å². The maximum atomic E-state index is 13.7. The maximum Gasteiger partial charge on any atom is 0.153 e. The summed E-state index contributed by atoms with van der Waals surface area (Å²) in [5.41, 5.74) is -2.58. The maximum absolute atomic E-state index is 13.7. The highest BCUT2D eigenvalue weighted by atomic mass is 16.4. The Morgan fingerprint density at radius 1 is 1.24 bits per heavy atom. The summed E-state index contributed by atoms with van der Waals surface area (Å²) in [4.78, 5) is 13.7. The second-order valence-corrected chi connectivity index (χ2v) is 9.27. The molecule has 2 fully saturated rings. The normalized spacial score (nSPS) is 53.2. The number of aliphatic hydroxyl groups is 4. The summed E-state index contributed by atoms with van der Waals surface area (Å²) >= 11 is 0. The molecule has 5 heteroatoms. The third-order valence-electron chi connectivity index (χ3n) is 7.93. The van der Waals surface area contributed by atoms with Crippen molar-refractivity contribution >= 4 is 5.78 Å². The van der Waals surface area contributed by atoms with E-state index in [-0.39, 0.29) is 28.6 Å². The van der Waals surface area contributed by atoms with E-state index in [2.05, 4.69) is 13.8 Å². The first-order valence-corrected chi connectivity index (χ1v) is 9.18. The van der Waals surface area contributed by atoms with E-state index in [0.717, 1.165) is 6.42 Å². The molecule has 4 rings (SSSR count). The second-order valence-electron chi connectivity index (χ2n) is 9.27. The van der Waals surface area contributed by atoms with Crippen molar-refractivity contribution in [3.63, 3.8) is 0 Å². The van der Waals surface area contributed by atoms with E-state index in [9.17, 15) is 25.2 Å². The summed E-state index contributed by atoms with van der Waals surface area (Å²) in [5, 5.41) is 43.0. The van der Waals surface area contributed by atoms with Crippen molar-refractivity contribution in [2.24, 2.45) is 34.5 Å². The van der Waals surface area contributed by atoms with Gasteiger partial charge in [-0.2, -0.15) is 0 Å². The number of Topliss-reactive ketones (excluding diaryl/α,β-unsaturated/α-hetero) is 1. The summed E-state index contributed by atoms with van der Waals surface area (Å²) in [6, 6.07) is 0. The molecule has 0 aromatic heterocycles. The minimum Gasteiger partial charge on any atom is -0.392 e. The molecule has 1 unspecified atom stereocenters. The van der Waals surface area contributed by atoms with Gasteiger partial charge in [-0.25, -0.2) is 0 Å². The number of carbonyl (C=O) groups is 1. The van der Waals surface area contributed by atoms with Crippen molar-refractivity contribution in [1.82, 2.24) is 0 Å². The molecule has 25 heavy (non-hydrogen) atoms. The topological polar surface area (TPSA) is 98.0 Å². The first-order chi connectivity index (χ1) is 11.5. The Kier molecular flexibility index (Phi) is 3.36. The van der Waals surface area contributed by atoms with Crippen molar-refractivity contribution in [2.45, 2.75) is 51.9 Å². The van der Waals surface area contributed by atoms with Gasteiger partial charge in [-0.05, 0) is 47.7 Å². The Bertz CT molecular complexity index is 707. The summed E-state index contributed by atoms with van der Waals surface area (Å²) in [6.07, 6.45) is 1.34. The van der Waals surface area contributed by atoms with Crippen LogP contribution in [0.2, 0.25) is 0 Å². The minimum atomic E-state index is -2.03. The van der Waals surface area contributed by atoms with Gasteiger partial charge in [0.25, 0.3) is 0 Å². The van der Waals surface area contributed by atoms with Crippen LogP contribution in [0.3, 0.4) is 0 Å². The standard InChI is InChI=1S/C20H28O5/c1-9-7-19-10(2)5-13-14(18(13,3)4)12(17(19)24)6-11(8-21)16(23)20(19,25)15(9)22/h6-7,10,12-16,21-23,25H,5,8H2,1-4H3/t10-,12+,13?,14+,15+,16-,19+,20-/m1/s1. The number of hydrogen-bond donors (Lipinski definition) is 4. The van der Waals surface area contributed by atoms with Crippen LogP contribution in [0.5, 0.6) is 0 Å². The number of allylic oxidation sites excluding steroid dienone is 1. The van der Waals surface area contributed by atoms with Crippen LogP contribution in [0.4, 0.5) is 0 Å². The number of aliphatic hydroxyl groups excluding tert-OH is 3. The Hall–Kier alpha value is -1.01. The highest BCUT2D eigenvalue weighted by molar-refractivity contribution is 5.95. The average Bonchev–Trinajstić information content (AvgIpc) is 3.05. The molecule has 0 aromatic carbocycles. The molecule has 0 saturated heterocycles. The average molecular weight is 348 g/mol. The van der Waals surface area contributed by atoms with E-state index < -0.39 is 35.7 Å². The van der Waals surface area contributed by atoms with Gasteiger partial charge in [-0.3, -0.25) is 4.79 Å². The van der Waals surface area contributed by atoms with E-state index in [0.29, 0.717) is 11.5 Å². The molecular formula is C20H28O5. The van der Waals surface area contributed by atoms with Crippen LogP contribution in [-0.2, 0) is 4.79 Å². The Labute approximate surface area is 148 Å². The fourth-order valence-corrected chi connectivity index (χ4v) is 6.43. The molecule has 0 heterocycles. The van der Waals surface area contributed by atoms with Crippen LogP contribution >= 0.6 is 0 Å². The first-order valence-electron chi connectivity index (χ1n) is 9.18. The third-order valence-corrected chi connectivity index (χ3v) is 7.93. The van der Waals surface area contributed by atoms with Gasteiger partial charge in [0.15, 0.2) is 5.78 Å². The molecule has 4 aliphatic carbocycles. The largest absolute Gasteiger partial charge is 0.392 e. The number of hydrogen-bond acceptors (Lipinski definition) is 5. The summed E-state index contributed by atoms with van der Waals surface area (Å²) in [6.45, 7) is 7.50. The number of carbonyl (C=O) groups excluding carboxylic acids is 1. The lowest BCUT2D eigenvalue weighted by molar-refractivity contribution is -0.190. The molecule has 0 radical (unpaired) electrons. The number of ketones is 1. The minimum absolute atomic E-state index is 0.0245. The van der Waals surface area contributed by atoms with Gasteiger partial charge in [0.1, 0.15) is 17.8 Å². The van der Waals surface area contributed by atoms with E-state index in [1.54, 1.807) is 19.1 Å². The van der Waals surface area contributed by atoms with Crippen molar-refractivity contribution in [1.29, 1.82) is 0 Å². The van der Waals surface area contributed by atoms with Gasteiger partial charge >= 0.3 is 0 Å². The second kappa shape index (κ2) is 4.83. The molecule has 0 aromatic rings. The highest BCUT2D eigenvalue weighted by Crippen LogP contribution is 2.71. The van der Waals surface area contributed by atoms with Crippen molar-refractivity contribution in [3.8, 4) is 0 Å². The van der Waals surface area contributed by atoms with E-state index in [1.165, 1.54) is 0 Å². The fourth-order valence-electron chi connectivity index (χ4n) is 6.43. The first kappa shape index (κ1) is 17.4. The van der Waals surface area contributed by atoms with Crippen molar-refractivity contribution in [2.75, 3.05) is 6.61 Å². The lowest BCUT2D eigenvalue weighted by Crippen LogP contribution is -2.65. The van der Waals surface area contributed by atoms with Crippen LogP contribution in [0.25, 0.3) is 0 Å². The smallest absolute Gasteiger partial charge is 0.153 e. The lowest BCUT2D eigenvalue weighted by Gasteiger charge is -2.48. The van der Waals surface area contributed by atoms with Crippen LogP contribution < -0.4 is 0 Å².